The summed E-state index contributed by atoms with van der Waals surface area (Å²) in [6, 6.07) is -1.86. The number of hydrogen-bond donors (Lipinski definition) is 12. The van der Waals surface area contributed by atoms with Crippen LogP contribution in [0.2, 0.25) is 0 Å². The van der Waals surface area contributed by atoms with Gasteiger partial charge in [0.15, 0.2) is 66.4 Å². The topological polar surface area (TPSA) is 415 Å². The second-order valence-electron chi connectivity index (χ2n) is 24.2. The second-order valence-corrected chi connectivity index (χ2v) is 27.0. The largest absolute Gasteiger partial charge is 0.394 e. The van der Waals surface area contributed by atoms with Crippen molar-refractivity contribution in [2.75, 3.05) is 72.6 Å². The van der Waals surface area contributed by atoms with Gasteiger partial charge in [-0.2, -0.15) is 0 Å². The van der Waals surface area contributed by atoms with E-state index < -0.39 is 213 Å². The van der Waals surface area contributed by atoms with Gasteiger partial charge in [0.05, 0.1) is 105 Å². The molecule has 6 fully saturated rings. The van der Waals surface area contributed by atoms with Gasteiger partial charge >= 0.3 is 0 Å². The van der Waals surface area contributed by atoms with Crippen LogP contribution in [0.5, 0.6) is 0 Å². The van der Waals surface area contributed by atoms with Crippen LogP contribution >= 0.6 is 35.3 Å². The number of fused-ring (bicyclic) bond motifs is 3. The quantitative estimate of drug-likeness (QED) is 0.0168. The molecule has 36 heteroatoms. The van der Waals surface area contributed by atoms with Gasteiger partial charge in [0.25, 0.3) is 0 Å². The number of anilines is 3. The molecule has 108 heavy (non-hydrogen) atoms. The SMILES string of the molecule is [2H]C([2H])(CC)Sc1nc(N[C@]2([2H])C[C@H]2c2ccc(C)c(F)c2)c2nnn([C@]3([2H])C([2H])([2H])[C@]([2H])(OCCO)[C@@]([2H])(O)[C@@]3([2H])O)c2n1.[2H]C([2H])(O)C([2H])([2H])O[C@@]1([2H])C([2H])([2H])[C@@]([2H])(n2nnc3c(N[C@]4([2H])C[C@H]4c4ccc(C)c(F)c4)nc(SCCC)nc32)[C@]([2H])(O)[C@]1([2H])O.[2H]C([2H])(O)CO[C@@]1([2H])C([2H])([2H])[C@@]([2H])(n2nnc3c(N[C@]4([2H])C[C@H]4c4ccc(C)c(F)c4)nc(SC([2H])([2H])CC)nc32)[C@]([2H])(O)[C@]1([2H])O. The van der Waals surface area contributed by atoms with Gasteiger partial charge in [-0.15, -0.1) is 15.3 Å². The normalized spacial score (nSPS) is 44.1. The van der Waals surface area contributed by atoms with Crippen LogP contribution in [-0.2, 0) is 14.2 Å². The van der Waals surface area contributed by atoms with Crippen LogP contribution in [0.4, 0.5) is 30.6 Å². The number of hydrogen-bond acceptors (Lipinski definition) is 30. The Kier molecular flexibility index (Phi) is 15.8. The van der Waals surface area contributed by atoms with E-state index in [9.17, 15) is 59.1 Å². The predicted molar refractivity (Wildman–Crippen MR) is 398 cm³/mol. The van der Waals surface area contributed by atoms with Crippen molar-refractivity contribution in [2.24, 2.45) is 0 Å². The smallest absolute Gasteiger partial charge is 0.191 e. The Labute approximate surface area is 676 Å². The average Bonchev–Trinajstić information content (AvgIpc) is 1.49. The molecule has 30 nitrogen and oxygen atoms in total. The van der Waals surface area contributed by atoms with Crippen LogP contribution in [0, 0.1) is 38.2 Å². The molecule has 0 amide bonds. The van der Waals surface area contributed by atoms with Gasteiger partial charge in [-0.3, -0.25) is 0 Å². The molecule has 0 aliphatic heterocycles. The maximum absolute atomic E-state index is 14.3. The zero-order valence-electron chi connectivity index (χ0n) is 88.8. The molecule has 0 spiro atoms. The molecular weight excluding hydrogens is 1460 g/mol. The minimum Gasteiger partial charge on any atom is -0.394 e. The molecule has 3 aromatic carbocycles. The van der Waals surface area contributed by atoms with E-state index in [0.29, 0.717) is 73.8 Å². The van der Waals surface area contributed by atoms with E-state index >= 15 is 0 Å². The first-order valence-corrected chi connectivity index (χ1v) is 35.8. The van der Waals surface area contributed by atoms with E-state index in [1.54, 1.807) is 64.1 Å². The molecule has 6 saturated carbocycles. The molecule has 0 radical (unpaired) electrons. The van der Waals surface area contributed by atoms with Crippen molar-refractivity contribution in [3.8, 4) is 0 Å². The van der Waals surface area contributed by atoms with Crippen molar-refractivity contribution in [3.05, 3.63) is 105 Å². The number of halogens is 3. The zero-order valence-corrected chi connectivity index (χ0v) is 60.3. The highest BCUT2D eigenvalue weighted by molar-refractivity contribution is 7.99. The highest BCUT2D eigenvalue weighted by Gasteiger charge is 2.49. The first kappa shape index (κ1) is 48.6. The summed E-state index contributed by atoms with van der Waals surface area (Å²) in [6.45, 7) is -4.55. The summed E-state index contributed by atoms with van der Waals surface area (Å²) in [6.07, 6.45) is -46.1. The molecular formula is C72H93F3N18O12S3. The van der Waals surface area contributed by atoms with Crippen molar-refractivity contribution in [1.82, 2.24) is 74.9 Å². The van der Waals surface area contributed by atoms with Gasteiger partial charge in [-0.25, -0.2) is 57.1 Å². The lowest BCUT2D eigenvalue weighted by Crippen LogP contribution is -2.33. The second kappa shape index (κ2) is 35.1. The molecule has 0 unspecified atom stereocenters. The fraction of sp³-hybridized carbons (Fsp3) is 0.583. The van der Waals surface area contributed by atoms with E-state index in [2.05, 4.69) is 81.5 Å². The van der Waals surface area contributed by atoms with Gasteiger partial charge < -0.3 is 76.1 Å². The lowest BCUT2D eigenvalue weighted by molar-refractivity contribution is -0.0629. The number of rotatable bonds is 30. The van der Waals surface area contributed by atoms with Crippen LogP contribution in [0.1, 0.15) is 190 Å². The van der Waals surface area contributed by atoms with Crippen LogP contribution in [-0.4, -0.2) is 250 Å². The van der Waals surface area contributed by atoms with Crippen molar-refractivity contribution < 1.29 is 116 Å². The van der Waals surface area contributed by atoms with E-state index in [-0.39, 0.29) is 90.9 Å². The van der Waals surface area contributed by atoms with Gasteiger partial charge in [0, 0.05) is 85.8 Å². The van der Waals surface area contributed by atoms with Gasteiger partial charge in [-0.05, 0) is 111 Å². The summed E-state index contributed by atoms with van der Waals surface area (Å²) in [5.41, 5.74) is -3.88. The minimum atomic E-state index is -4.26. The van der Waals surface area contributed by atoms with Gasteiger partial charge in [0.2, 0.25) is 0 Å². The maximum atomic E-state index is 14.3. The standard InChI is InChI=1S/3C24H31FN6O4S/c3*1-3-8-36-24-27-22(26-16-10-14(16)13-5-4-12(2)15(25)9-13)19-23(28-24)31(30-29-19)17-11-18(35-7-6-32)21(34)20(17)33/h3*4-5,9,14,16-18,20-21,32-34H,3,6-8,10-11H2,1-2H3,(H,26,27,28)/t3*14-,16+,17+,18-,20-,21+/m000/s1/i6D2,8D2,11D2,16D,17D,18D,20D,21D;6D2,7D2,11D2,16D,17D,18D,20D,21D;8D2,11D2,16D,17D,18D,20D,21D. The van der Waals surface area contributed by atoms with Crippen LogP contribution in [0.3, 0.4) is 0 Å². The minimum absolute atomic E-state index is 0.00435. The van der Waals surface area contributed by atoms with E-state index in [1.807, 2.05) is 6.92 Å². The molecule has 0 bridgehead atoms. The van der Waals surface area contributed by atoms with Crippen LogP contribution in [0.15, 0.2) is 70.1 Å². The Hall–Kier alpha value is -7.14. The van der Waals surface area contributed by atoms with Crippen molar-refractivity contribution in [1.29, 1.82) is 0 Å². The first-order valence-electron chi connectivity index (χ1n) is 48.7. The van der Waals surface area contributed by atoms with E-state index in [1.165, 1.54) is 25.1 Å². The fourth-order valence-corrected chi connectivity index (χ4v) is 12.7. The first-order chi connectivity index (χ1) is 63.2. The van der Waals surface area contributed by atoms with Crippen LogP contribution in [0.25, 0.3) is 33.5 Å². The fourth-order valence-electron chi connectivity index (χ4n) is 10.9. The number of nitrogens with zero attached hydrogens (tertiary/aromatic N) is 15. The lowest BCUT2D eigenvalue weighted by Gasteiger charge is -2.17. The molecule has 6 aliphatic carbocycles. The summed E-state index contributed by atoms with van der Waals surface area (Å²) in [5.74, 6) is -3.12. The molecule has 582 valence electrons. The Bertz CT molecular complexity index is 6280. The monoisotopic (exact) mass is 1590 g/mol. The third kappa shape index (κ3) is 17.5. The molecule has 12 N–H and O–H groups in total. The summed E-state index contributed by atoms with van der Waals surface area (Å²) >= 11 is 2.12. The summed E-state index contributed by atoms with van der Waals surface area (Å²) in [7, 11) is 0. The predicted octanol–water partition coefficient (Wildman–Crippen LogP) is 6.55. The Balaban J connectivity index is 0.000000176. The number of thioether (sulfide) groups is 3. The molecule has 6 aromatic heterocycles. The van der Waals surface area contributed by atoms with Gasteiger partial charge in [-0.1, -0.05) is 108 Å². The third-order valence-electron chi connectivity index (χ3n) is 16.7. The highest BCUT2D eigenvalue weighted by atomic mass is 32.2. The molecule has 6 aliphatic rings. The number of nitrogens with one attached hydrogen (secondary N) is 3. The number of aliphatic hydroxyl groups excluding tert-OH is 1. The highest BCUT2D eigenvalue weighted by Crippen LogP contribution is 2.48. The molecule has 0 saturated heterocycles. The van der Waals surface area contributed by atoms with Crippen molar-refractivity contribution in [3.63, 3.8) is 0 Å². The third-order valence-corrected chi connectivity index (χ3v) is 19.4. The lowest BCUT2D eigenvalue weighted by atomic mass is 10.1. The van der Waals surface area contributed by atoms with Gasteiger partial charge in [0.1, 0.15) is 53.9 Å². The maximum Gasteiger partial charge on any atom is 0.191 e. The Morgan fingerprint density at radius 1 is 0.481 bits per heavy atom. The summed E-state index contributed by atoms with van der Waals surface area (Å²) < 4.78 is 317. The summed E-state index contributed by atoms with van der Waals surface area (Å²) in [4.78, 5) is 25.6. The molecule has 18 atom stereocenters. The van der Waals surface area contributed by atoms with E-state index in [4.69, 9.17) is 52.0 Å². The molecule has 15 rings (SSSR count). The number of aryl methyl sites for hydroxylation is 3. The molecule has 9 aromatic rings. The zero-order chi connectivity index (χ0) is 104. The number of ether oxygens (including phenoxy) is 3. The number of aromatic nitrogens is 15. The average molecular weight is 1590 g/mol. The number of aliphatic hydroxyl groups is 9. The van der Waals surface area contributed by atoms with Crippen LogP contribution < -0.4 is 16.0 Å². The van der Waals surface area contributed by atoms with E-state index in [0.717, 1.165) is 11.8 Å². The summed E-state index contributed by atoms with van der Waals surface area (Å²) in [5, 5.41) is 126. The molecule has 6 heterocycles. The Morgan fingerprint density at radius 3 is 1.16 bits per heavy atom. The Morgan fingerprint density at radius 2 is 0.833 bits per heavy atom. The number of benzene rings is 3. The van der Waals surface area contributed by atoms with Crippen molar-refractivity contribution >= 4 is 86.2 Å². The van der Waals surface area contributed by atoms with Crippen molar-refractivity contribution in [2.45, 2.75) is 223 Å².